The van der Waals surface area contributed by atoms with Crippen LogP contribution in [0.5, 0.6) is 0 Å². The Bertz CT molecular complexity index is 755. The molecule has 0 aromatic carbocycles. The number of halogens is 1. The molecule has 1 aromatic heterocycles. The molecule has 1 saturated heterocycles. The topological polar surface area (TPSA) is 96.1 Å². The number of likely N-dealkylation sites (tertiary alicyclic amines) is 1. The maximum absolute atomic E-state index is 13.5. The first-order valence-electron chi connectivity index (χ1n) is 9.17. The lowest BCUT2D eigenvalue weighted by atomic mass is 10.2. The molecular formula is C19H23FN6O. The summed E-state index contributed by atoms with van der Waals surface area (Å²) in [6, 6.07) is 7.50. The van der Waals surface area contributed by atoms with Gasteiger partial charge in [-0.25, -0.2) is 9.37 Å². The van der Waals surface area contributed by atoms with Crippen molar-refractivity contribution in [1.29, 1.82) is 10.5 Å². The summed E-state index contributed by atoms with van der Waals surface area (Å²) in [7, 11) is 1.98. The fourth-order valence-electron chi connectivity index (χ4n) is 3.86. The van der Waals surface area contributed by atoms with Crippen LogP contribution in [0.1, 0.15) is 31.2 Å². The number of anilines is 1. The number of pyridine rings is 1. The zero-order chi connectivity index (χ0) is 19.4. The molecule has 1 saturated carbocycles. The molecule has 2 fully saturated rings. The van der Waals surface area contributed by atoms with Crippen molar-refractivity contribution in [2.24, 2.45) is 0 Å². The molecule has 2 aliphatic rings. The predicted molar refractivity (Wildman–Crippen MR) is 97.4 cm³/mol. The van der Waals surface area contributed by atoms with Crippen molar-refractivity contribution in [1.82, 2.24) is 15.2 Å². The Kier molecular flexibility index (Phi) is 5.88. The third-order valence-corrected chi connectivity index (χ3v) is 5.45. The lowest BCUT2D eigenvalue weighted by molar-refractivity contribution is -0.130. The zero-order valence-electron chi connectivity index (χ0n) is 15.3. The second-order valence-electron chi connectivity index (χ2n) is 7.20. The van der Waals surface area contributed by atoms with Gasteiger partial charge in [-0.3, -0.25) is 4.79 Å². The quantitative estimate of drug-likeness (QED) is 0.841. The molecule has 3 rings (SSSR count). The van der Waals surface area contributed by atoms with Crippen LogP contribution in [0.3, 0.4) is 0 Å². The van der Waals surface area contributed by atoms with Crippen molar-refractivity contribution < 1.29 is 9.18 Å². The van der Waals surface area contributed by atoms with Gasteiger partial charge in [-0.2, -0.15) is 10.5 Å². The first kappa shape index (κ1) is 19.1. The first-order chi connectivity index (χ1) is 13.0. The molecule has 1 aliphatic heterocycles. The number of hydrogen-bond donors (Lipinski definition) is 1. The number of nitrogens with one attached hydrogen (secondary N) is 1. The molecule has 1 aliphatic carbocycles. The number of carbonyl (C=O) groups excluding carboxylic acids is 1. The molecule has 27 heavy (non-hydrogen) atoms. The molecule has 7 nitrogen and oxygen atoms in total. The lowest BCUT2D eigenvalue weighted by Gasteiger charge is -2.26. The Hall–Kier alpha value is -2.71. The maximum atomic E-state index is 13.5. The molecular weight excluding hydrogens is 347 g/mol. The Morgan fingerprint density at radius 2 is 2.22 bits per heavy atom. The van der Waals surface area contributed by atoms with E-state index in [4.69, 9.17) is 10.5 Å². The summed E-state index contributed by atoms with van der Waals surface area (Å²) in [6.45, 7) is 0.139. The van der Waals surface area contributed by atoms with Gasteiger partial charge in [0, 0.05) is 31.7 Å². The van der Waals surface area contributed by atoms with E-state index in [0.717, 1.165) is 25.1 Å². The van der Waals surface area contributed by atoms with Gasteiger partial charge in [0.2, 0.25) is 5.91 Å². The van der Waals surface area contributed by atoms with Gasteiger partial charge in [0.15, 0.2) is 0 Å². The van der Waals surface area contributed by atoms with Gasteiger partial charge in [-0.15, -0.1) is 0 Å². The molecule has 8 heteroatoms. The van der Waals surface area contributed by atoms with Crippen LogP contribution in [-0.2, 0) is 4.79 Å². The van der Waals surface area contributed by atoms with Crippen LogP contribution in [0.4, 0.5) is 10.2 Å². The SMILES string of the molecule is CN(c1ccc(C#N)cn1)C1CC[C@@H](NCC(=O)N2C[C@@H](F)C[C@H]2C#N)C1. The first-order valence-corrected chi connectivity index (χ1v) is 9.17. The van der Waals surface area contributed by atoms with E-state index >= 15 is 0 Å². The smallest absolute Gasteiger partial charge is 0.237 e. The van der Waals surface area contributed by atoms with E-state index < -0.39 is 12.2 Å². The van der Waals surface area contributed by atoms with Gasteiger partial charge >= 0.3 is 0 Å². The van der Waals surface area contributed by atoms with Crippen molar-refractivity contribution in [3.8, 4) is 12.1 Å². The second kappa shape index (κ2) is 8.32. The summed E-state index contributed by atoms with van der Waals surface area (Å²) in [5.74, 6) is 0.603. The molecule has 1 aromatic rings. The highest BCUT2D eigenvalue weighted by atomic mass is 19.1. The van der Waals surface area contributed by atoms with Crippen molar-refractivity contribution in [2.75, 3.05) is 25.0 Å². The van der Waals surface area contributed by atoms with Gasteiger partial charge in [0.1, 0.15) is 24.1 Å². The molecule has 0 spiro atoms. The number of rotatable bonds is 5. The van der Waals surface area contributed by atoms with E-state index in [9.17, 15) is 9.18 Å². The Morgan fingerprint density at radius 1 is 1.41 bits per heavy atom. The van der Waals surface area contributed by atoms with Crippen molar-refractivity contribution >= 4 is 11.7 Å². The minimum Gasteiger partial charge on any atom is -0.357 e. The van der Waals surface area contributed by atoms with E-state index in [1.54, 1.807) is 12.3 Å². The summed E-state index contributed by atoms with van der Waals surface area (Å²) in [6.07, 6.45) is 3.35. The normalized spacial score (nSPS) is 27.2. The van der Waals surface area contributed by atoms with Crippen LogP contribution < -0.4 is 10.2 Å². The number of hydrogen-bond acceptors (Lipinski definition) is 6. The van der Waals surface area contributed by atoms with Crippen molar-refractivity contribution in [3.63, 3.8) is 0 Å². The number of aromatic nitrogens is 1. The number of nitrogens with zero attached hydrogens (tertiary/aromatic N) is 5. The zero-order valence-corrected chi connectivity index (χ0v) is 15.3. The van der Waals surface area contributed by atoms with E-state index in [1.807, 2.05) is 19.2 Å². The van der Waals surface area contributed by atoms with Crippen molar-refractivity contribution in [3.05, 3.63) is 23.9 Å². The highest BCUT2D eigenvalue weighted by Crippen LogP contribution is 2.26. The Balaban J connectivity index is 1.49. The summed E-state index contributed by atoms with van der Waals surface area (Å²) >= 11 is 0. The standard InChI is InChI=1S/C19H23FN6O/c1-25(18-5-2-13(8-21)10-24-18)16-4-3-15(7-16)23-11-19(27)26-12-14(20)6-17(26)9-22/h2,5,10,14-17,23H,3-4,6-7,11-12H2,1H3/t14-,15+,16?,17-/m0/s1. The monoisotopic (exact) mass is 370 g/mol. The second-order valence-corrected chi connectivity index (χ2v) is 7.20. The number of amides is 1. The summed E-state index contributed by atoms with van der Waals surface area (Å²) < 4.78 is 13.5. The van der Waals surface area contributed by atoms with Gasteiger partial charge < -0.3 is 15.1 Å². The fraction of sp³-hybridized carbons (Fsp3) is 0.579. The average molecular weight is 370 g/mol. The van der Waals surface area contributed by atoms with Crippen LogP contribution in [-0.4, -0.2) is 60.2 Å². The average Bonchev–Trinajstić information content (AvgIpc) is 3.32. The number of carbonyl (C=O) groups is 1. The van der Waals surface area contributed by atoms with Gasteiger partial charge in [-0.1, -0.05) is 0 Å². The van der Waals surface area contributed by atoms with Crippen LogP contribution in [0.25, 0.3) is 0 Å². The van der Waals surface area contributed by atoms with Gasteiger partial charge in [-0.05, 0) is 31.4 Å². The molecule has 1 amide bonds. The summed E-state index contributed by atoms with van der Waals surface area (Å²) in [4.78, 5) is 20.1. The summed E-state index contributed by atoms with van der Waals surface area (Å²) in [5.41, 5.74) is 0.532. The van der Waals surface area contributed by atoms with Crippen LogP contribution in [0.2, 0.25) is 0 Å². The van der Waals surface area contributed by atoms with Gasteiger partial charge in [0.25, 0.3) is 0 Å². The minimum atomic E-state index is -1.11. The van der Waals surface area contributed by atoms with Crippen molar-refractivity contribution in [2.45, 2.75) is 50.0 Å². The van der Waals surface area contributed by atoms with Crippen LogP contribution in [0, 0.1) is 22.7 Å². The lowest BCUT2D eigenvalue weighted by Crippen LogP contribution is -2.43. The van der Waals surface area contributed by atoms with Crippen LogP contribution >= 0.6 is 0 Å². The van der Waals surface area contributed by atoms with E-state index in [-0.39, 0.29) is 31.5 Å². The fourth-order valence-corrected chi connectivity index (χ4v) is 3.86. The third-order valence-electron chi connectivity index (χ3n) is 5.45. The van der Waals surface area contributed by atoms with Crippen LogP contribution in [0.15, 0.2) is 18.3 Å². The number of alkyl halides is 1. The van der Waals surface area contributed by atoms with E-state index in [2.05, 4.69) is 21.3 Å². The molecule has 4 atom stereocenters. The number of nitriles is 2. The molecule has 0 bridgehead atoms. The molecule has 1 unspecified atom stereocenters. The van der Waals surface area contributed by atoms with Gasteiger partial charge in [0.05, 0.1) is 24.7 Å². The predicted octanol–water partition coefficient (Wildman–Crippen LogP) is 1.36. The summed E-state index contributed by atoms with van der Waals surface area (Å²) in [5, 5.41) is 21.2. The highest BCUT2D eigenvalue weighted by molar-refractivity contribution is 5.79. The third kappa shape index (κ3) is 4.35. The maximum Gasteiger partial charge on any atom is 0.237 e. The van der Waals surface area contributed by atoms with E-state index in [0.29, 0.717) is 11.6 Å². The highest BCUT2D eigenvalue weighted by Gasteiger charge is 2.36. The van der Waals surface area contributed by atoms with E-state index in [1.165, 1.54) is 4.90 Å². The molecule has 0 radical (unpaired) electrons. The molecule has 1 N–H and O–H groups in total. The minimum absolute atomic E-state index is 0.0130. The largest absolute Gasteiger partial charge is 0.357 e. The molecule has 2 heterocycles. The Labute approximate surface area is 158 Å². The Morgan fingerprint density at radius 3 is 2.89 bits per heavy atom. The molecule has 142 valence electrons.